The maximum absolute atomic E-state index is 12.6. The van der Waals surface area contributed by atoms with Crippen LogP contribution in [0.15, 0.2) is 20.1 Å². The smallest absolute Gasteiger partial charge is 0.206 e. The lowest BCUT2D eigenvalue weighted by molar-refractivity contribution is 0.389. The average Bonchev–Trinajstić information content (AvgIpc) is 2.84. The Morgan fingerprint density at radius 3 is 2.00 bits per heavy atom. The van der Waals surface area contributed by atoms with Crippen LogP contribution in [0.25, 0.3) is 0 Å². The molecule has 20 heavy (non-hydrogen) atoms. The minimum Gasteiger partial charge on any atom is -0.206 e. The van der Waals surface area contributed by atoms with E-state index in [1.165, 1.54) is 11.3 Å². The molecule has 1 heterocycles. The van der Waals surface area contributed by atoms with E-state index in [2.05, 4.69) is 29.8 Å². The van der Waals surface area contributed by atoms with Gasteiger partial charge in [-0.3, -0.25) is 0 Å². The highest BCUT2D eigenvalue weighted by molar-refractivity contribution is 9.11. The molecule has 3 nitrogen and oxygen atoms in total. The lowest BCUT2D eigenvalue weighted by Crippen LogP contribution is -2.32. The summed E-state index contributed by atoms with van der Waals surface area (Å²) in [6.45, 7) is 5.53. The lowest BCUT2D eigenvalue weighted by Gasteiger charge is -2.21. The van der Waals surface area contributed by atoms with Gasteiger partial charge in [0.1, 0.15) is 4.21 Å². The van der Waals surface area contributed by atoms with Crippen LogP contribution in [0.3, 0.4) is 0 Å². The van der Waals surface area contributed by atoms with Crippen LogP contribution in [0.5, 0.6) is 0 Å². The predicted molar refractivity (Wildman–Crippen MR) is 89.8 cm³/mol. The molecule has 1 aromatic heterocycles. The fraction of sp³-hybridized carbons (Fsp3) is 0.714. The average molecular weight is 382 g/mol. The van der Waals surface area contributed by atoms with Crippen LogP contribution in [0.2, 0.25) is 0 Å². The quantitative estimate of drug-likeness (QED) is 0.541. The second kappa shape index (κ2) is 9.18. The molecule has 1 rings (SSSR count). The Morgan fingerprint density at radius 1 is 1.05 bits per heavy atom. The van der Waals surface area contributed by atoms with Crippen molar-refractivity contribution < 1.29 is 8.42 Å². The zero-order valence-corrected chi connectivity index (χ0v) is 15.5. The van der Waals surface area contributed by atoms with Crippen molar-refractivity contribution in [2.24, 2.45) is 0 Å². The highest BCUT2D eigenvalue weighted by Crippen LogP contribution is 2.28. The van der Waals surface area contributed by atoms with Gasteiger partial charge in [0, 0.05) is 13.1 Å². The molecule has 0 bridgehead atoms. The van der Waals surface area contributed by atoms with Crippen molar-refractivity contribution in [2.45, 2.75) is 56.6 Å². The van der Waals surface area contributed by atoms with Crippen molar-refractivity contribution in [3.63, 3.8) is 0 Å². The molecule has 0 saturated carbocycles. The fourth-order valence-electron chi connectivity index (χ4n) is 1.99. The van der Waals surface area contributed by atoms with Crippen molar-refractivity contribution in [1.29, 1.82) is 0 Å². The first-order chi connectivity index (χ1) is 9.52. The Labute approximate surface area is 135 Å². The summed E-state index contributed by atoms with van der Waals surface area (Å²) in [7, 11) is -3.32. The molecule has 0 N–H and O–H groups in total. The van der Waals surface area contributed by atoms with Crippen molar-refractivity contribution in [1.82, 2.24) is 4.31 Å². The zero-order chi connectivity index (χ0) is 15.0. The predicted octanol–water partition coefficient (Wildman–Crippen LogP) is 4.88. The van der Waals surface area contributed by atoms with Crippen molar-refractivity contribution in [3.8, 4) is 0 Å². The van der Waals surface area contributed by atoms with E-state index in [0.29, 0.717) is 17.3 Å². The molecule has 0 unspecified atom stereocenters. The normalized spacial score (nSPS) is 12.2. The molecule has 0 radical (unpaired) electrons. The van der Waals surface area contributed by atoms with Crippen LogP contribution in [-0.4, -0.2) is 25.8 Å². The van der Waals surface area contributed by atoms with Crippen LogP contribution in [0.4, 0.5) is 0 Å². The van der Waals surface area contributed by atoms with E-state index in [1.807, 2.05) is 0 Å². The molecule has 0 saturated heterocycles. The summed E-state index contributed by atoms with van der Waals surface area (Å²) in [5.41, 5.74) is 0. The first kappa shape index (κ1) is 18.1. The number of hydrogen-bond acceptors (Lipinski definition) is 3. The minimum atomic E-state index is -3.32. The number of unbranched alkanes of at least 4 members (excludes halogenated alkanes) is 4. The monoisotopic (exact) mass is 381 g/mol. The Morgan fingerprint density at radius 2 is 1.60 bits per heavy atom. The van der Waals surface area contributed by atoms with Crippen LogP contribution in [0.1, 0.15) is 52.4 Å². The summed E-state index contributed by atoms with van der Waals surface area (Å²) in [5.74, 6) is 0. The summed E-state index contributed by atoms with van der Waals surface area (Å²) in [6, 6.07) is 3.49. The third kappa shape index (κ3) is 5.47. The highest BCUT2D eigenvalue weighted by atomic mass is 79.9. The standard InChI is InChI=1S/C14H24BrNO2S2/c1-3-5-7-11-16(12-8-6-4-2)20(17,18)14-10-9-13(15)19-14/h9-10H,3-8,11-12H2,1-2H3. The first-order valence-electron chi connectivity index (χ1n) is 7.27. The van der Waals surface area contributed by atoms with E-state index >= 15 is 0 Å². The van der Waals surface area contributed by atoms with Gasteiger partial charge in [-0.25, -0.2) is 8.42 Å². The van der Waals surface area contributed by atoms with Gasteiger partial charge in [-0.1, -0.05) is 39.5 Å². The number of thiophene rings is 1. The number of rotatable bonds is 10. The Bertz CT molecular complexity index is 475. The molecule has 0 aliphatic heterocycles. The first-order valence-corrected chi connectivity index (χ1v) is 10.3. The van der Waals surface area contributed by atoms with Crippen LogP contribution >= 0.6 is 27.3 Å². The van der Waals surface area contributed by atoms with Gasteiger partial charge in [0.25, 0.3) is 10.0 Å². The van der Waals surface area contributed by atoms with E-state index < -0.39 is 10.0 Å². The number of halogens is 1. The number of nitrogens with zero attached hydrogens (tertiary/aromatic N) is 1. The second-order valence-electron chi connectivity index (χ2n) is 4.88. The number of hydrogen-bond donors (Lipinski definition) is 0. The highest BCUT2D eigenvalue weighted by Gasteiger charge is 2.25. The van der Waals surface area contributed by atoms with E-state index in [9.17, 15) is 8.42 Å². The van der Waals surface area contributed by atoms with E-state index in [0.717, 1.165) is 42.3 Å². The maximum atomic E-state index is 12.6. The molecule has 6 heteroatoms. The molecule has 0 aliphatic rings. The molecule has 0 amide bonds. The van der Waals surface area contributed by atoms with Gasteiger partial charge >= 0.3 is 0 Å². The Kier molecular flexibility index (Phi) is 8.32. The van der Waals surface area contributed by atoms with Crippen LogP contribution in [0, 0.1) is 0 Å². The molecular weight excluding hydrogens is 358 g/mol. The lowest BCUT2D eigenvalue weighted by atomic mass is 10.2. The van der Waals surface area contributed by atoms with Crippen molar-refractivity contribution in [3.05, 3.63) is 15.9 Å². The molecule has 0 aromatic carbocycles. The Hall–Kier alpha value is 0.0900. The molecule has 0 aliphatic carbocycles. The van der Waals surface area contributed by atoms with Gasteiger partial charge in [0.15, 0.2) is 0 Å². The van der Waals surface area contributed by atoms with Gasteiger partial charge in [-0.2, -0.15) is 4.31 Å². The molecule has 0 fully saturated rings. The summed E-state index contributed by atoms with van der Waals surface area (Å²) in [4.78, 5) is 0. The van der Waals surface area contributed by atoms with Crippen molar-refractivity contribution in [2.75, 3.05) is 13.1 Å². The van der Waals surface area contributed by atoms with Crippen LogP contribution in [-0.2, 0) is 10.0 Å². The fourth-order valence-corrected chi connectivity index (χ4v) is 5.67. The van der Waals surface area contributed by atoms with Crippen molar-refractivity contribution >= 4 is 37.3 Å². The summed E-state index contributed by atoms with van der Waals surface area (Å²) in [6.07, 6.45) is 6.24. The molecule has 1 aromatic rings. The maximum Gasteiger partial charge on any atom is 0.252 e. The van der Waals surface area contributed by atoms with Gasteiger partial charge in [0.2, 0.25) is 0 Å². The third-order valence-electron chi connectivity index (χ3n) is 3.16. The van der Waals surface area contributed by atoms with Gasteiger partial charge in [-0.05, 0) is 40.9 Å². The molecule has 0 spiro atoms. The van der Waals surface area contributed by atoms with E-state index in [4.69, 9.17) is 0 Å². The Balaban J connectivity index is 2.78. The summed E-state index contributed by atoms with van der Waals surface area (Å²) < 4.78 is 28.3. The molecule has 116 valence electrons. The topological polar surface area (TPSA) is 37.4 Å². The molecule has 0 atom stereocenters. The minimum absolute atomic E-state index is 0.442. The SMILES string of the molecule is CCCCCN(CCCCC)S(=O)(=O)c1ccc(Br)s1. The second-order valence-corrected chi connectivity index (χ2v) is 9.50. The van der Waals surface area contributed by atoms with Gasteiger partial charge in [0.05, 0.1) is 3.79 Å². The van der Waals surface area contributed by atoms with Gasteiger partial charge < -0.3 is 0 Å². The van der Waals surface area contributed by atoms with E-state index in [1.54, 1.807) is 16.4 Å². The number of sulfonamides is 1. The van der Waals surface area contributed by atoms with Gasteiger partial charge in [-0.15, -0.1) is 11.3 Å². The van der Waals surface area contributed by atoms with Crippen LogP contribution < -0.4 is 0 Å². The molecular formula is C14H24BrNO2S2. The zero-order valence-electron chi connectivity index (χ0n) is 12.3. The third-order valence-corrected chi connectivity index (χ3v) is 7.15. The largest absolute Gasteiger partial charge is 0.252 e. The summed E-state index contributed by atoms with van der Waals surface area (Å²) >= 11 is 4.63. The van der Waals surface area contributed by atoms with E-state index in [-0.39, 0.29) is 0 Å². The summed E-state index contributed by atoms with van der Waals surface area (Å²) in [5, 5.41) is 0.